The Kier molecular flexibility index (Phi) is 9.46. The number of nitriles is 1. The highest BCUT2D eigenvalue weighted by Gasteiger charge is 2.31. The van der Waals surface area contributed by atoms with Crippen molar-refractivity contribution in [2.24, 2.45) is 0 Å². The van der Waals surface area contributed by atoms with Crippen molar-refractivity contribution in [3.63, 3.8) is 0 Å². The summed E-state index contributed by atoms with van der Waals surface area (Å²) in [6, 6.07) is 21.2. The van der Waals surface area contributed by atoms with E-state index in [0.717, 1.165) is 6.42 Å². The van der Waals surface area contributed by atoms with Gasteiger partial charge in [-0.05, 0) is 59.9 Å². The van der Waals surface area contributed by atoms with Gasteiger partial charge in [0.2, 0.25) is 15.7 Å². The second-order valence-electron chi connectivity index (χ2n) is 10.4. The molecule has 0 spiro atoms. The number of benzene rings is 3. The molecule has 43 heavy (non-hydrogen) atoms. The van der Waals surface area contributed by atoms with Crippen LogP contribution in [0.4, 0.5) is 0 Å². The van der Waals surface area contributed by atoms with Crippen molar-refractivity contribution in [1.82, 2.24) is 14.5 Å². The first-order chi connectivity index (χ1) is 20.5. The Bertz CT molecular complexity index is 1860. The molecule has 1 aromatic heterocycles. The Morgan fingerprint density at radius 2 is 1.74 bits per heavy atom. The summed E-state index contributed by atoms with van der Waals surface area (Å²) >= 11 is 0. The average Bonchev–Trinajstić information content (AvgIpc) is 3.01. The summed E-state index contributed by atoms with van der Waals surface area (Å²) < 4.78 is 29.1. The van der Waals surface area contributed by atoms with Gasteiger partial charge in [0.15, 0.2) is 4.90 Å². The molecular weight excluding hydrogens is 564 g/mol. The zero-order valence-corrected chi connectivity index (χ0v) is 25.4. The van der Waals surface area contributed by atoms with Gasteiger partial charge in [-0.1, -0.05) is 62.7 Å². The minimum absolute atomic E-state index is 0.196. The normalized spacial score (nSPS) is 12.0. The monoisotopic (exact) mass is 598 g/mol. The van der Waals surface area contributed by atoms with Crippen molar-refractivity contribution in [1.29, 1.82) is 5.26 Å². The molecule has 9 nitrogen and oxygen atoms in total. The number of hydrogen-bond acceptors (Lipinski definition) is 7. The quantitative estimate of drug-likeness (QED) is 0.260. The molecule has 0 radical (unpaired) electrons. The Morgan fingerprint density at radius 1 is 1.05 bits per heavy atom. The minimum Gasteiger partial charge on any atom is -0.492 e. The molecule has 0 bridgehead atoms. The van der Waals surface area contributed by atoms with E-state index in [1.165, 1.54) is 21.6 Å². The number of carbonyl (C=O) groups is 1. The van der Waals surface area contributed by atoms with Crippen LogP contribution in [0.2, 0.25) is 0 Å². The Labute approximate surface area is 251 Å². The van der Waals surface area contributed by atoms with Crippen LogP contribution in [0.5, 0.6) is 5.88 Å². The molecule has 0 aliphatic heterocycles. The first-order valence-electron chi connectivity index (χ1n) is 14.1. The molecule has 1 atom stereocenters. The van der Waals surface area contributed by atoms with Crippen LogP contribution in [-0.2, 0) is 16.3 Å². The molecule has 1 unspecified atom stereocenters. The topological polar surface area (TPSA) is 133 Å². The summed E-state index contributed by atoms with van der Waals surface area (Å²) in [7, 11) is -1.21. The molecule has 222 valence electrons. The number of unbranched alkanes of at least 4 members (excludes halogenated alkanes) is 1. The van der Waals surface area contributed by atoms with Crippen LogP contribution in [0.3, 0.4) is 0 Å². The summed E-state index contributed by atoms with van der Waals surface area (Å²) in [5.41, 5.74) is 1.89. The number of aromatic nitrogens is 2. The van der Waals surface area contributed by atoms with E-state index >= 15 is 0 Å². The van der Waals surface area contributed by atoms with Crippen molar-refractivity contribution in [2.45, 2.75) is 55.4 Å². The number of carbonyl (C=O) groups excluding carboxylic acids is 1. The fourth-order valence-corrected chi connectivity index (χ4v) is 6.44. The molecule has 1 amide bonds. The zero-order chi connectivity index (χ0) is 31.3. The summed E-state index contributed by atoms with van der Waals surface area (Å²) in [5, 5.41) is 20.3. The van der Waals surface area contributed by atoms with E-state index in [0.29, 0.717) is 47.1 Å². The van der Waals surface area contributed by atoms with Crippen molar-refractivity contribution in [3.05, 3.63) is 106 Å². The van der Waals surface area contributed by atoms with Gasteiger partial charge in [-0.2, -0.15) is 10.2 Å². The SMILES string of the molecule is CCCCc1nc(O)c(S(=O)(=O)c2ccc(-c3ccccc3C(=O)N(C)C)cc2)c(=O)n1C(CC)c1cccc(C#N)c1. The van der Waals surface area contributed by atoms with Crippen LogP contribution in [0.25, 0.3) is 11.1 Å². The fraction of sp³-hybridized carbons (Fsp3) is 0.273. The predicted molar refractivity (Wildman–Crippen MR) is 164 cm³/mol. The number of nitrogens with zero attached hydrogens (tertiary/aromatic N) is 4. The van der Waals surface area contributed by atoms with Crippen molar-refractivity contribution < 1.29 is 18.3 Å². The van der Waals surface area contributed by atoms with Gasteiger partial charge in [-0.3, -0.25) is 14.2 Å². The van der Waals surface area contributed by atoms with E-state index in [4.69, 9.17) is 0 Å². The van der Waals surface area contributed by atoms with Gasteiger partial charge >= 0.3 is 0 Å². The molecule has 0 saturated heterocycles. The molecule has 0 aliphatic carbocycles. The van der Waals surface area contributed by atoms with Crippen LogP contribution in [0.1, 0.15) is 66.5 Å². The molecule has 0 aliphatic rings. The summed E-state index contributed by atoms with van der Waals surface area (Å²) in [5.74, 6) is -0.771. The van der Waals surface area contributed by atoms with Gasteiger partial charge in [0.25, 0.3) is 11.5 Å². The second kappa shape index (κ2) is 13.0. The molecular formula is C33H34N4O5S. The average molecular weight is 599 g/mol. The number of aryl methyl sites for hydroxylation is 1. The van der Waals surface area contributed by atoms with Crippen LogP contribution in [-0.4, -0.2) is 48.0 Å². The van der Waals surface area contributed by atoms with Crippen molar-refractivity contribution in [2.75, 3.05) is 14.1 Å². The Morgan fingerprint density at radius 3 is 2.37 bits per heavy atom. The van der Waals surface area contributed by atoms with Gasteiger partial charge in [-0.15, -0.1) is 0 Å². The van der Waals surface area contributed by atoms with Gasteiger partial charge in [0.05, 0.1) is 22.6 Å². The maximum atomic E-state index is 14.1. The highest BCUT2D eigenvalue weighted by molar-refractivity contribution is 7.91. The van der Waals surface area contributed by atoms with Crippen molar-refractivity contribution in [3.8, 4) is 23.1 Å². The maximum absolute atomic E-state index is 14.1. The van der Waals surface area contributed by atoms with Gasteiger partial charge in [0.1, 0.15) is 5.82 Å². The lowest BCUT2D eigenvalue weighted by atomic mass is 9.99. The number of aromatic hydroxyl groups is 1. The maximum Gasteiger partial charge on any atom is 0.277 e. The molecule has 4 rings (SSSR count). The third kappa shape index (κ3) is 6.22. The van der Waals surface area contributed by atoms with E-state index in [2.05, 4.69) is 11.1 Å². The Hall–Kier alpha value is -4.75. The lowest BCUT2D eigenvalue weighted by molar-refractivity contribution is 0.0828. The van der Waals surface area contributed by atoms with Gasteiger partial charge in [0, 0.05) is 26.1 Å². The summed E-state index contributed by atoms with van der Waals surface area (Å²) in [6.07, 6.45) is 2.24. The molecule has 1 N–H and O–H groups in total. The zero-order valence-electron chi connectivity index (χ0n) is 24.6. The lowest BCUT2D eigenvalue weighted by Gasteiger charge is -2.23. The molecule has 1 heterocycles. The van der Waals surface area contributed by atoms with Crippen LogP contribution < -0.4 is 5.56 Å². The van der Waals surface area contributed by atoms with Crippen molar-refractivity contribution >= 4 is 15.7 Å². The lowest BCUT2D eigenvalue weighted by Crippen LogP contribution is -2.33. The highest BCUT2D eigenvalue weighted by Crippen LogP contribution is 2.31. The fourth-order valence-electron chi connectivity index (χ4n) is 5.09. The van der Waals surface area contributed by atoms with E-state index in [9.17, 15) is 28.4 Å². The van der Waals surface area contributed by atoms with Gasteiger partial charge < -0.3 is 10.0 Å². The smallest absolute Gasteiger partial charge is 0.277 e. The first kappa shape index (κ1) is 31.2. The number of hydrogen-bond donors (Lipinski definition) is 1. The van der Waals surface area contributed by atoms with Gasteiger partial charge in [-0.25, -0.2) is 8.42 Å². The summed E-state index contributed by atoms with van der Waals surface area (Å²) in [4.78, 5) is 31.5. The van der Waals surface area contributed by atoms with E-state index in [-0.39, 0.29) is 16.6 Å². The Balaban J connectivity index is 1.86. The second-order valence-corrected chi connectivity index (χ2v) is 12.3. The number of amides is 1. The van der Waals surface area contributed by atoms with Crippen LogP contribution >= 0.6 is 0 Å². The summed E-state index contributed by atoms with van der Waals surface area (Å²) in [6.45, 7) is 3.84. The predicted octanol–water partition coefficient (Wildman–Crippen LogP) is 5.36. The molecule has 0 saturated carbocycles. The molecule has 0 fully saturated rings. The van der Waals surface area contributed by atoms with E-state index in [1.807, 2.05) is 13.8 Å². The molecule has 3 aromatic carbocycles. The largest absolute Gasteiger partial charge is 0.492 e. The first-order valence-corrected chi connectivity index (χ1v) is 15.5. The number of rotatable bonds is 10. The molecule has 4 aromatic rings. The van der Waals surface area contributed by atoms with E-state index in [1.54, 1.807) is 74.8 Å². The highest BCUT2D eigenvalue weighted by atomic mass is 32.2. The third-order valence-electron chi connectivity index (χ3n) is 7.29. The van der Waals surface area contributed by atoms with Crippen LogP contribution in [0.15, 0.2) is 87.4 Å². The number of sulfone groups is 1. The van der Waals surface area contributed by atoms with E-state index < -0.39 is 32.2 Å². The third-order valence-corrected chi connectivity index (χ3v) is 9.08. The molecule has 10 heteroatoms. The standard InChI is InChI=1S/C33H34N4O5S/c1-5-7-15-29-35-31(38)30(33(40)37(29)28(6-2)24-12-10-11-22(20-24)21-34)43(41,42)25-18-16-23(17-19-25)26-13-8-9-14-27(26)32(39)36(3)4/h8-14,16-20,28,38H,5-7,15H2,1-4H3. The minimum atomic E-state index is -4.51. The van der Waals surface area contributed by atoms with Crippen LogP contribution in [0, 0.1) is 11.3 Å².